The number of hydrogen-bond donors (Lipinski definition) is 3. The number of thioether (sulfide) groups is 1. The third-order valence-electron chi connectivity index (χ3n) is 5.76. The van der Waals surface area contributed by atoms with Crippen molar-refractivity contribution in [2.75, 3.05) is 18.6 Å². The lowest BCUT2D eigenvalue weighted by Crippen LogP contribution is -2.54. The third-order valence-corrected chi connectivity index (χ3v) is 6.41. The Morgan fingerprint density at radius 2 is 1.68 bits per heavy atom. The first kappa shape index (κ1) is 32.6. The van der Waals surface area contributed by atoms with Crippen LogP contribution in [-0.4, -0.2) is 64.2 Å². The second-order valence-electron chi connectivity index (χ2n) is 10.4. The summed E-state index contributed by atoms with van der Waals surface area (Å²) < 4.78 is 5.43. The third kappa shape index (κ3) is 12.1. The first-order chi connectivity index (χ1) is 17.4. The van der Waals surface area contributed by atoms with Crippen molar-refractivity contribution in [2.24, 2.45) is 0 Å². The van der Waals surface area contributed by atoms with Gasteiger partial charge in [0.25, 0.3) is 0 Å². The minimum absolute atomic E-state index is 0.0584. The molecule has 3 unspecified atom stereocenters. The van der Waals surface area contributed by atoms with Crippen LogP contribution in [0.5, 0.6) is 5.75 Å². The summed E-state index contributed by atoms with van der Waals surface area (Å²) in [5.41, 5.74) is -0.105. The average Bonchev–Trinajstić information content (AvgIpc) is 2.80. The molecule has 1 aromatic carbocycles. The van der Waals surface area contributed by atoms with Crippen molar-refractivity contribution in [1.29, 1.82) is 0 Å². The molecule has 0 radical (unpaired) electrons. The molecule has 0 saturated carbocycles. The number of nitrogens with zero attached hydrogens (tertiary/aromatic N) is 1. The van der Waals surface area contributed by atoms with E-state index in [1.165, 1.54) is 12.1 Å². The number of carbonyl (C=O) groups excluding carboxylic acids is 3. The van der Waals surface area contributed by atoms with Gasteiger partial charge in [-0.05, 0) is 76.7 Å². The van der Waals surface area contributed by atoms with Crippen LogP contribution in [0, 0.1) is 0 Å². The van der Waals surface area contributed by atoms with Crippen molar-refractivity contribution in [3.05, 3.63) is 29.8 Å². The summed E-state index contributed by atoms with van der Waals surface area (Å²) in [6.07, 6.45) is 5.98. The Kier molecular flexibility index (Phi) is 14.5. The molecule has 3 N–H and O–H groups in total. The zero-order valence-electron chi connectivity index (χ0n) is 23.6. The largest absolute Gasteiger partial charge is 0.508 e. The molecule has 8 nitrogen and oxygen atoms in total. The Labute approximate surface area is 227 Å². The van der Waals surface area contributed by atoms with Gasteiger partial charge in [0.1, 0.15) is 23.4 Å². The van der Waals surface area contributed by atoms with E-state index in [1.807, 2.05) is 13.2 Å². The van der Waals surface area contributed by atoms with Crippen LogP contribution in [-0.2, 0) is 14.3 Å². The quantitative estimate of drug-likeness (QED) is 0.259. The Hall–Kier alpha value is -2.42. The van der Waals surface area contributed by atoms with E-state index < -0.39 is 23.8 Å². The zero-order valence-corrected chi connectivity index (χ0v) is 24.5. The van der Waals surface area contributed by atoms with Gasteiger partial charge in [0.15, 0.2) is 0 Å². The Morgan fingerprint density at radius 3 is 2.22 bits per heavy atom. The normalized spacial score (nSPS) is 13.8. The van der Waals surface area contributed by atoms with Gasteiger partial charge in [0, 0.05) is 12.6 Å². The highest BCUT2D eigenvalue weighted by Crippen LogP contribution is 2.26. The molecule has 37 heavy (non-hydrogen) atoms. The van der Waals surface area contributed by atoms with Crippen LogP contribution in [0.25, 0.3) is 0 Å². The summed E-state index contributed by atoms with van der Waals surface area (Å²) >= 11 is 1.58. The van der Waals surface area contributed by atoms with Gasteiger partial charge in [-0.3, -0.25) is 9.59 Å². The van der Waals surface area contributed by atoms with Crippen molar-refractivity contribution in [2.45, 2.75) is 104 Å². The van der Waals surface area contributed by atoms with Gasteiger partial charge in [-0.15, -0.1) is 0 Å². The maximum atomic E-state index is 14.1. The minimum Gasteiger partial charge on any atom is -0.508 e. The highest BCUT2D eigenvalue weighted by molar-refractivity contribution is 7.98. The van der Waals surface area contributed by atoms with Crippen LogP contribution in [0.1, 0.15) is 91.7 Å². The molecule has 1 rings (SSSR count). The van der Waals surface area contributed by atoms with Crippen LogP contribution < -0.4 is 10.6 Å². The number of rotatable bonds is 15. The van der Waals surface area contributed by atoms with Crippen molar-refractivity contribution in [1.82, 2.24) is 15.5 Å². The fourth-order valence-electron chi connectivity index (χ4n) is 4.00. The summed E-state index contributed by atoms with van der Waals surface area (Å²) in [7, 11) is 0. The molecule has 0 bridgehead atoms. The standard InChI is InChI=1S/C28H47N3O5S/c1-8-10-11-18-31(26(34)23(17-19-37-7)30-27(35)36-28(4,5)6)24(21-13-15-22(32)16-14-21)25(33)29-20(3)12-9-2/h13-16,20,23-24,32H,8-12,17-19H2,1-7H3,(H,29,33)(H,30,35). The first-order valence-corrected chi connectivity index (χ1v) is 14.7. The molecule has 0 aliphatic heterocycles. The molecule has 0 aliphatic rings. The molecule has 0 heterocycles. The summed E-state index contributed by atoms with van der Waals surface area (Å²) in [4.78, 5) is 41.9. The number of aromatic hydroxyl groups is 1. The molecule has 3 amide bonds. The molecular formula is C28H47N3O5S. The fourth-order valence-corrected chi connectivity index (χ4v) is 4.47. The molecular weight excluding hydrogens is 490 g/mol. The summed E-state index contributed by atoms with van der Waals surface area (Å²) in [6.45, 7) is 11.7. The number of carbonyl (C=O) groups is 3. The number of alkyl carbamates (subject to hydrolysis) is 1. The Bertz CT molecular complexity index is 841. The number of phenolic OH excluding ortho intramolecular Hbond substituents is 1. The van der Waals surface area contributed by atoms with Gasteiger partial charge < -0.3 is 25.4 Å². The number of amides is 3. The summed E-state index contributed by atoms with van der Waals surface area (Å²) in [6, 6.07) is 4.57. The highest BCUT2D eigenvalue weighted by atomic mass is 32.2. The Morgan fingerprint density at radius 1 is 1.03 bits per heavy atom. The van der Waals surface area contributed by atoms with Gasteiger partial charge in [0.2, 0.25) is 11.8 Å². The maximum Gasteiger partial charge on any atom is 0.408 e. The second-order valence-corrected chi connectivity index (χ2v) is 11.4. The molecule has 3 atom stereocenters. The van der Waals surface area contributed by atoms with E-state index in [-0.39, 0.29) is 23.6 Å². The van der Waals surface area contributed by atoms with Crippen LogP contribution in [0.2, 0.25) is 0 Å². The second kappa shape index (κ2) is 16.4. The smallest absolute Gasteiger partial charge is 0.408 e. The van der Waals surface area contributed by atoms with Crippen molar-refractivity contribution < 1.29 is 24.2 Å². The number of unbranched alkanes of at least 4 members (excludes halogenated alkanes) is 2. The maximum absolute atomic E-state index is 14.1. The average molecular weight is 538 g/mol. The molecule has 0 fully saturated rings. The van der Waals surface area contributed by atoms with E-state index in [2.05, 4.69) is 24.5 Å². The van der Waals surface area contributed by atoms with Crippen molar-refractivity contribution >= 4 is 29.7 Å². The minimum atomic E-state index is -0.901. The van der Waals surface area contributed by atoms with Crippen molar-refractivity contribution in [3.63, 3.8) is 0 Å². The van der Waals surface area contributed by atoms with E-state index in [1.54, 1.807) is 49.6 Å². The molecule has 0 saturated heterocycles. The van der Waals surface area contributed by atoms with Crippen LogP contribution in [0.3, 0.4) is 0 Å². The lowest BCUT2D eigenvalue weighted by Gasteiger charge is -2.35. The van der Waals surface area contributed by atoms with Gasteiger partial charge >= 0.3 is 6.09 Å². The SMILES string of the molecule is CCCCCN(C(=O)C(CCSC)NC(=O)OC(C)(C)C)C(C(=O)NC(C)CCC)c1ccc(O)cc1. The number of ether oxygens (including phenoxy) is 1. The predicted octanol–water partition coefficient (Wildman–Crippen LogP) is 5.40. The van der Waals surface area contributed by atoms with Crippen LogP contribution >= 0.6 is 11.8 Å². The number of nitrogens with one attached hydrogen (secondary N) is 2. The number of phenols is 1. The molecule has 9 heteroatoms. The van der Waals surface area contributed by atoms with E-state index >= 15 is 0 Å². The van der Waals surface area contributed by atoms with Gasteiger partial charge in [-0.1, -0.05) is 45.2 Å². The summed E-state index contributed by atoms with van der Waals surface area (Å²) in [5, 5.41) is 15.7. The van der Waals surface area contributed by atoms with Crippen LogP contribution in [0.15, 0.2) is 24.3 Å². The lowest BCUT2D eigenvalue weighted by molar-refractivity contribution is -0.143. The topological polar surface area (TPSA) is 108 Å². The number of hydrogen-bond acceptors (Lipinski definition) is 6. The van der Waals surface area contributed by atoms with E-state index in [0.29, 0.717) is 24.3 Å². The van der Waals surface area contributed by atoms with Gasteiger partial charge in [-0.25, -0.2) is 4.79 Å². The molecule has 1 aromatic rings. The van der Waals surface area contributed by atoms with Gasteiger partial charge in [0.05, 0.1) is 0 Å². The first-order valence-electron chi connectivity index (χ1n) is 13.3. The lowest BCUT2D eigenvalue weighted by atomic mass is 10.0. The molecule has 0 aliphatic carbocycles. The van der Waals surface area contributed by atoms with E-state index in [9.17, 15) is 19.5 Å². The summed E-state index contributed by atoms with van der Waals surface area (Å²) in [5.74, 6) is 0.124. The van der Waals surface area contributed by atoms with Crippen LogP contribution in [0.4, 0.5) is 4.79 Å². The van der Waals surface area contributed by atoms with E-state index in [4.69, 9.17) is 4.74 Å². The number of benzene rings is 1. The molecule has 0 spiro atoms. The van der Waals surface area contributed by atoms with Crippen molar-refractivity contribution in [3.8, 4) is 5.75 Å². The molecule has 0 aromatic heterocycles. The predicted molar refractivity (Wildman–Crippen MR) is 151 cm³/mol. The monoisotopic (exact) mass is 537 g/mol. The zero-order chi connectivity index (χ0) is 28.0. The van der Waals surface area contributed by atoms with E-state index in [0.717, 1.165) is 32.1 Å². The Balaban J connectivity index is 3.44. The van der Waals surface area contributed by atoms with Gasteiger partial charge in [-0.2, -0.15) is 11.8 Å². The fraction of sp³-hybridized carbons (Fsp3) is 0.679. The molecule has 210 valence electrons. The highest BCUT2D eigenvalue weighted by Gasteiger charge is 2.36.